The van der Waals surface area contributed by atoms with Crippen LogP contribution in [-0.2, 0) is 0 Å². The summed E-state index contributed by atoms with van der Waals surface area (Å²) in [5.74, 6) is 1.44. The smallest absolute Gasteiger partial charge is 0.124 e. The third kappa shape index (κ3) is 3.26. The van der Waals surface area contributed by atoms with E-state index in [-0.39, 0.29) is 17.6 Å². The molecule has 1 aliphatic rings. The normalized spacial score (nSPS) is 29.0. The van der Waals surface area contributed by atoms with Crippen LogP contribution in [0.2, 0.25) is 0 Å². The van der Waals surface area contributed by atoms with Gasteiger partial charge >= 0.3 is 0 Å². The zero-order chi connectivity index (χ0) is 13.2. The third-order valence-electron chi connectivity index (χ3n) is 4.01. The van der Waals surface area contributed by atoms with Crippen molar-refractivity contribution in [2.75, 3.05) is 0 Å². The van der Waals surface area contributed by atoms with Crippen LogP contribution in [0.1, 0.15) is 40.0 Å². The Balaban J connectivity index is 1.94. The van der Waals surface area contributed by atoms with E-state index >= 15 is 0 Å². The molecular weight excluding hydrogens is 224 g/mol. The van der Waals surface area contributed by atoms with Crippen molar-refractivity contribution in [2.45, 2.75) is 52.2 Å². The maximum atomic E-state index is 10.2. The van der Waals surface area contributed by atoms with E-state index in [0.717, 1.165) is 25.0 Å². The van der Waals surface area contributed by atoms with Gasteiger partial charge in [-0.3, -0.25) is 0 Å². The number of hydrogen-bond donors (Lipinski definition) is 1. The molecule has 2 nitrogen and oxygen atoms in total. The summed E-state index contributed by atoms with van der Waals surface area (Å²) < 4.78 is 5.88. The van der Waals surface area contributed by atoms with E-state index in [2.05, 4.69) is 20.8 Å². The predicted molar refractivity (Wildman–Crippen MR) is 73.7 cm³/mol. The number of aliphatic hydroxyl groups excluding tert-OH is 1. The zero-order valence-electron chi connectivity index (χ0n) is 11.6. The predicted octanol–water partition coefficient (Wildman–Crippen LogP) is 3.64. The van der Waals surface area contributed by atoms with Gasteiger partial charge in [-0.2, -0.15) is 0 Å². The fourth-order valence-corrected chi connectivity index (χ4v) is 2.72. The number of rotatable bonds is 2. The molecule has 0 bridgehead atoms. The lowest BCUT2D eigenvalue weighted by atomic mass is 9.71. The number of benzene rings is 1. The molecule has 0 unspecified atom stereocenters. The van der Waals surface area contributed by atoms with Crippen LogP contribution in [0.25, 0.3) is 0 Å². The van der Waals surface area contributed by atoms with Gasteiger partial charge in [-0.25, -0.2) is 0 Å². The summed E-state index contributed by atoms with van der Waals surface area (Å²) in [4.78, 5) is 0. The van der Waals surface area contributed by atoms with E-state index in [1.807, 2.05) is 30.3 Å². The standard InChI is InChI=1S/C16H24O2/c1-16(2,3)12-9-10-15(14(17)11-12)18-13-7-5-4-6-8-13/h4-8,12,14-15,17H,9-11H2,1-3H3/t12-,14-,15-/m0/s1. The van der Waals surface area contributed by atoms with E-state index in [4.69, 9.17) is 4.74 Å². The Morgan fingerprint density at radius 1 is 1.11 bits per heavy atom. The van der Waals surface area contributed by atoms with Crippen LogP contribution in [0.15, 0.2) is 30.3 Å². The molecule has 2 heteroatoms. The van der Waals surface area contributed by atoms with Gasteiger partial charge in [0.2, 0.25) is 0 Å². The highest BCUT2D eigenvalue weighted by molar-refractivity contribution is 5.21. The SMILES string of the molecule is CC(C)(C)[C@H]1CC[C@H](Oc2ccccc2)[C@@H](O)C1. The van der Waals surface area contributed by atoms with E-state index in [0.29, 0.717) is 5.92 Å². The molecule has 0 aliphatic heterocycles. The Hall–Kier alpha value is -1.02. The molecule has 0 heterocycles. The lowest BCUT2D eigenvalue weighted by molar-refractivity contribution is -0.0307. The summed E-state index contributed by atoms with van der Waals surface area (Å²) in [6.45, 7) is 6.76. The second-order valence-electron chi connectivity index (χ2n) is 6.41. The van der Waals surface area contributed by atoms with Crippen molar-refractivity contribution in [3.63, 3.8) is 0 Å². The second-order valence-corrected chi connectivity index (χ2v) is 6.41. The summed E-state index contributed by atoms with van der Waals surface area (Å²) in [7, 11) is 0. The molecule has 1 aromatic rings. The Morgan fingerprint density at radius 3 is 2.33 bits per heavy atom. The highest BCUT2D eigenvalue weighted by Crippen LogP contribution is 2.38. The highest BCUT2D eigenvalue weighted by atomic mass is 16.5. The largest absolute Gasteiger partial charge is 0.488 e. The van der Waals surface area contributed by atoms with Gasteiger partial charge in [0.1, 0.15) is 11.9 Å². The first-order chi connectivity index (χ1) is 8.47. The molecule has 0 radical (unpaired) electrons. The van der Waals surface area contributed by atoms with Crippen LogP contribution in [-0.4, -0.2) is 17.3 Å². The molecule has 0 amide bonds. The van der Waals surface area contributed by atoms with E-state index in [9.17, 15) is 5.11 Å². The van der Waals surface area contributed by atoms with Gasteiger partial charge in [-0.05, 0) is 42.7 Å². The van der Waals surface area contributed by atoms with Crippen LogP contribution >= 0.6 is 0 Å². The lowest BCUT2D eigenvalue weighted by Gasteiger charge is -2.39. The quantitative estimate of drug-likeness (QED) is 0.865. The topological polar surface area (TPSA) is 29.5 Å². The molecule has 2 rings (SSSR count). The summed E-state index contributed by atoms with van der Waals surface area (Å²) >= 11 is 0. The molecule has 1 saturated carbocycles. The van der Waals surface area contributed by atoms with Crippen molar-refractivity contribution in [3.05, 3.63) is 30.3 Å². The molecule has 100 valence electrons. The Bertz CT molecular complexity index is 366. The Labute approximate surface area is 110 Å². The monoisotopic (exact) mass is 248 g/mol. The van der Waals surface area contributed by atoms with Crippen molar-refractivity contribution in [2.24, 2.45) is 11.3 Å². The summed E-state index contributed by atoms with van der Waals surface area (Å²) in [5, 5.41) is 10.2. The van der Waals surface area contributed by atoms with Gasteiger partial charge in [0.25, 0.3) is 0 Å². The number of aliphatic hydroxyl groups is 1. The first-order valence-electron chi connectivity index (χ1n) is 6.86. The summed E-state index contributed by atoms with van der Waals surface area (Å²) in [5.41, 5.74) is 0.276. The first-order valence-corrected chi connectivity index (χ1v) is 6.86. The molecule has 0 spiro atoms. The molecular formula is C16H24O2. The first kappa shape index (κ1) is 13.4. The van der Waals surface area contributed by atoms with E-state index in [1.54, 1.807) is 0 Å². The van der Waals surface area contributed by atoms with Crippen LogP contribution < -0.4 is 4.74 Å². The molecule has 1 aliphatic carbocycles. The zero-order valence-corrected chi connectivity index (χ0v) is 11.6. The Kier molecular flexibility index (Phi) is 3.96. The maximum Gasteiger partial charge on any atom is 0.124 e. The molecule has 0 aromatic heterocycles. The van der Waals surface area contributed by atoms with Crippen LogP contribution in [0.5, 0.6) is 5.75 Å². The highest BCUT2D eigenvalue weighted by Gasteiger charge is 2.35. The van der Waals surface area contributed by atoms with E-state index < -0.39 is 0 Å². The van der Waals surface area contributed by atoms with Gasteiger partial charge in [0.05, 0.1) is 6.10 Å². The maximum absolute atomic E-state index is 10.2. The molecule has 0 saturated heterocycles. The van der Waals surface area contributed by atoms with Crippen molar-refractivity contribution in [1.82, 2.24) is 0 Å². The van der Waals surface area contributed by atoms with Crippen LogP contribution in [0, 0.1) is 11.3 Å². The second kappa shape index (κ2) is 5.31. The molecule has 3 atom stereocenters. The summed E-state index contributed by atoms with van der Waals surface area (Å²) in [6.07, 6.45) is 2.53. The molecule has 1 N–H and O–H groups in total. The number of hydrogen-bond acceptors (Lipinski definition) is 2. The minimum absolute atomic E-state index is 0.0500. The van der Waals surface area contributed by atoms with E-state index in [1.165, 1.54) is 0 Å². The third-order valence-corrected chi connectivity index (χ3v) is 4.01. The molecule has 18 heavy (non-hydrogen) atoms. The number of para-hydroxylation sites is 1. The average molecular weight is 248 g/mol. The molecule has 1 aromatic carbocycles. The van der Waals surface area contributed by atoms with Gasteiger partial charge in [-0.1, -0.05) is 39.0 Å². The van der Waals surface area contributed by atoms with Crippen LogP contribution in [0.4, 0.5) is 0 Å². The average Bonchev–Trinajstić information content (AvgIpc) is 2.32. The Morgan fingerprint density at radius 2 is 1.78 bits per heavy atom. The summed E-state index contributed by atoms with van der Waals surface area (Å²) in [6, 6.07) is 9.79. The van der Waals surface area contributed by atoms with Crippen molar-refractivity contribution in [3.8, 4) is 5.75 Å². The minimum atomic E-state index is -0.344. The number of ether oxygens (including phenoxy) is 1. The van der Waals surface area contributed by atoms with Gasteiger partial charge in [-0.15, -0.1) is 0 Å². The van der Waals surface area contributed by atoms with Gasteiger partial charge < -0.3 is 9.84 Å². The fourth-order valence-electron chi connectivity index (χ4n) is 2.72. The van der Waals surface area contributed by atoms with Crippen molar-refractivity contribution in [1.29, 1.82) is 0 Å². The van der Waals surface area contributed by atoms with Gasteiger partial charge in [0, 0.05) is 0 Å². The van der Waals surface area contributed by atoms with Crippen molar-refractivity contribution >= 4 is 0 Å². The van der Waals surface area contributed by atoms with Crippen LogP contribution in [0.3, 0.4) is 0 Å². The lowest BCUT2D eigenvalue weighted by Crippen LogP contribution is -2.41. The van der Waals surface area contributed by atoms with Crippen molar-refractivity contribution < 1.29 is 9.84 Å². The fraction of sp³-hybridized carbons (Fsp3) is 0.625. The molecule has 1 fully saturated rings. The minimum Gasteiger partial charge on any atom is -0.488 e. The van der Waals surface area contributed by atoms with Gasteiger partial charge in [0.15, 0.2) is 0 Å².